The van der Waals surface area contributed by atoms with Gasteiger partial charge in [0.2, 0.25) is 5.91 Å². The van der Waals surface area contributed by atoms with Crippen molar-refractivity contribution in [2.45, 2.75) is 63.7 Å². The Bertz CT molecular complexity index is 338. The standard InChI is InChI=1S/C14H23F3N2O/c1-9-3-2-8-18-12(9)13(20)19-11-6-4-10(5-7-11)14(15,16)17/h9-12,18H,2-8H2,1H3,(H,19,20). The molecule has 3 nitrogen and oxygen atoms in total. The summed E-state index contributed by atoms with van der Waals surface area (Å²) < 4.78 is 37.7. The second-order valence-corrected chi connectivity index (χ2v) is 6.15. The molecule has 116 valence electrons. The molecule has 2 rings (SSSR count). The van der Waals surface area contributed by atoms with Crippen molar-refractivity contribution in [2.75, 3.05) is 6.54 Å². The zero-order valence-corrected chi connectivity index (χ0v) is 11.8. The van der Waals surface area contributed by atoms with Gasteiger partial charge in [-0.2, -0.15) is 13.2 Å². The third-order valence-electron chi connectivity index (χ3n) is 4.59. The highest BCUT2D eigenvalue weighted by atomic mass is 19.4. The molecule has 2 N–H and O–H groups in total. The van der Waals surface area contributed by atoms with E-state index >= 15 is 0 Å². The van der Waals surface area contributed by atoms with Crippen LogP contribution >= 0.6 is 0 Å². The van der Waals surface area contributed by atoms with E-state index in [-0.39, 0.29) is 36.8 Å². The van der Waals surface area contributed by atoms with Crippen LogP contribution in [0.15, 0.2) is 0 Å². The molecule has 1 aliphatic heterocycles. The second-order valence-electron chi connectivity index (χ2n) is 6.15. The van der Waals surface area contributed by atoms with Gasteiger partial charge in [0.15, 0.2) is 0 Å². The fourth-order valence-corrected chi connectivity index (χ4v) is 3.26. The lowest BCUT2D eigenvalue weighted by atomic mass is 9.85. The van der Waals surface area contributed by atoms with E-state index in [0.717, 1.165) is 19.4 Å². The van der Waals surface area contributed by atoms with Gasteiger partial charge in [-0.15, -0.1) is 0 Å². The fraction of sp³-hybridized carbons (Fsp3) is 0.929. The number of carbonyl (C=O) groups excluding carboxylic acids is 1. The molecule has 20 heavy (non-hydrogen) atoms. The van der Waals surface area contributed by atoms with Gasteiger partial charge in [-0.3, -0.25) is 4.79 Å². The molecular weight excluding hydrogens is 269 g/mol. The highest BCUT2D eigenvalue weighted by molar-refractivity contribution is 5.82. The van der Waals surface area contributed by atoms with Gasteiger partial charge < -0.3 is 10.6 Å². The van der Waals surface area contributed by atoms with Crippen molar-refractivity contribution >= 4 is 5.91 Å². The van der Waals surface area contributed by atoms with E-state index in [4.69, 9.17) is 0 Å². The summed E-state index contributed by atoms with van der Waals surface area (Å²) in [4.78, 5) is 12.2. The Morgan fingerprint density at radius 1 is 1.15 bits per heavy atom. The van der Waals surface area contributed by atoms with Gasteiger partial charge in [0.05, 0.1) is 12.0 Å². The first-order valence-electron chi connectivity index (χ1n) is 7.48. The summed E-state index contributed by atoms with van der Waals surface area (Å²) in [6, 6.07) is -0.291. The molecule has 2 unspecified atom stereocenters. The first-order chi connectivity index (χ1) is 9.38. The number of carbonyl (C=O) groups is 1. The quantitative estimate of drug-likeness (QED) is 0.821. The van der Waals surface area contributed by atoms with Crippen LogP contribution in [-0.2, 0) is 4.79 Å². The highest BCUT2D eigenvalue weighted by Crippen LogP contribution is 2.37. The Morgan fingerprint density at radius 3 is 2.35 bits per heavy atom. The van der Waals surface area contributed by atoms with Crippen LogP contribution in [0.3, 0.4) is 0 Å². The number of piperidine rings is 1. The van der Waals surface area contributed by atoms with Crippen LogP contribution in [0.25, 0.3) is 0 Å². The summed E-state index contributed by atoms with van der Waals surface area (Å²) in [6.07, 6.45) is -0.889. The molecule has 0 aromatic heterocycles. The molecule has 1 amide bonds. The molecule has 0 radical (unpaired) electrons. The third kappa shape index (κ3) is 3.87. The van der Waals surface area contributed by atoms with E-state index < -0.39 is 12.1 Å². The summed E-state index contributed by atoms with van der Waals surface area (Å²) in [5, 5.41) is 6.12. The number of halogens is 3. The van der Waals surface area contributed by atoms with Crippen LogP contribution in [0, 0.1) is 11.8 Å². The number of amides is 1. The van der Waals surface area contributed by atoms with Crippen molar-refractivity contribution in [2.24, 2.45) is 11.8 Å². The van der Waals surface area contributed by atoms with Crippen molar-refractivity contribution in [1.82, 2.24) is 10.6 Å². The molecular formula is C14H23F3N2O. The number of rotatable bonds is 2. The average Bonchev–Trinajstić information content (AvgIpc) is 2.38. The molecule has 0 aromatic rings. The van der Waals surface area contributed by atoms with Crippen LogP contribution in [0.4, 0.5) is 13.2 Å². The minimum absolute atomic E-state index is 0.0485. The predicted molar refractivity (Wildman–Crippen MR) is 70.1 cm³/mol. The molecule has 2 fully saturated rings. The van der Waals surface area contributed by atoms with Crippen LogP contribution in [0.2, 0.25) is 0 Å². The van der Waals surface area contributed by atoms with Crippen molar-refractivity contribution in [3.63, 3.8) is 0 Å². The summed E-state index contributed by atoms with van der Waals surface area (Å²) in [5.74, 6) is -0.953. The third-order valence-corrected chi connectivity index (χ3v) is 4.59. The molecule has 1 heterocycles. The van der Waals surface area contributed by atoms with Gasteiger partial charge in [0.1, 0.15) is 0 Å². The Labute approximate surface area is 117 Å². The fourth-order valence-electron chi connectivity index (χ4n) is 3.26. The zero-order chi connectivity index (χ0) is 14.8. The van der Waals surface area contributed by atoms with Crippen LogP contribution in [0.1, 0.15) is 45.4 Å². The monoisotopic (exact) mass is 292 g/mol. The summed E-state index contributed by atoms with van der Waals surface area (Å²) in [5.41, 5.74) is 0. The Balaban J connectivity index is 1.79. The van der Waals surface area contributed by atoms with Crippen molar-refractivity contribution in [3.8, 4) is 0 Å². The number of hydrogen-bond donors (Lipinski definition) is 2. The first kappa shape index (κ1) is 15.6. The predicted octanol–water partition coefficient (Wildman–Crippen LogP) is 2.61. The Hall–Kier alpha value is -0.780. The maximum atomic E-state index is 12.6. The van der Waals surface area contributed by atoms with Gasteiger partial charge in [-0.05, 0) is 51.0 Å². The average molecular weight is 292 g/mol. The minimum atomic E-state index is -4.09. The largest absolute Gasteiger partial charge is 0.391 e. The maximum Gasteiger partial charge on any atom is 0.391 e. The van der Waals surface area contributed by atoms with Gasteiger partial charge in [0.25, 0.3) is 0 Å². The first-order valence-corrected chi connectivity index (χ1v) is 7.48. The van der Waals surface area contributed by atoms with Gasteiger partial charge in [-0.25, -0.2) is 0 Å². The summed E-state index contributed by atoms with van der Waals surface area (Å²) in [6.45, 7) is 2.88. The molecule has 0 spiro atoms. The Morgan fingerprint density at radius 2 is 1.80 bits per heavy atom. The van der Waals surface area contributed by atoms with Crippen LogP contribution in [-0.4, -0.2) is 30.7 Å². The molecule has 1 aliphatic carbocycles. The maximum absolute atomic E-state index is 12.6. The normalized spacial score (nSPS) is 35.6. The summed E-state index contributed by atoms with van der Waals surface area (Å²) >= 11 is 0. The molecule has 0 aromatic carbocycles. The number of alkyl halides is 3. The topological polar surface area (TPSA) is 41.1 Å². The van der Waals surface area contributed by atoms with E-state index in [2.05, 4.69) is 10.6 Å². The molecule has 0 bridgehead atoms. The molecule has 6 heteroatoms. The van der Waals surface area contributed by atoms with Crippen LogP contribution in [0.5, 0.6) is 0 Å². The SMILES string of the molecule is CC1CCCNC1C(=O)NC1CCC(C(F)(F)F)CC1. The highest BCUT2D eigenvalue weighted by Gasteiger charge is 2.41. The van der Waals surface area contributed by atoms with Crippen molar-refractivity contribution in [3.05, 3.63) is 0 Å². The van der Waals surface area contributed by atoms with E-state index in [9.17, 15) is 18.0 Å². The van der Waals surface area contributed by atoms with Gasteiger partial charge in [-0.1, -0.05) is 6.92 Å². The molecule has 1 saturated carbocycles. The lowest BCUT2D eigenvalue weighted by Gasteiger charge is -2.33. The van der Waals surface area contributed by atoms with E-state index in [1.165, 1.54) is 0 Å². The van der Waals surface area contributed by atoms with Crippen molar-refractivity contribution in [1.29, 1.82) is 0 Å². The smallest absolute Gasteiger partial charge is 0.352 e. The summed E-state index contributed by atoms with van der Waals surface area (Å²) in [7, 11) is 0. The lowest BCUT2D eigenvalue weighted by Crippen LogP contribution is -2.53. The van der Waals surface area contributed by atoms with E-state index in [1.54, 1.807) is 0 Å². The Kier molecular flexibility index (Phi) is 4.94. The zero-order valence-electron chi connectivity index (χ0n) is 11.8. The number of nitrogens with one attached hydrogen (secondary N) is 2. The van der Waals surface area contributed by atoms with Gasteiger partial charge >= 0.3 is 6.18 Å². The second kappa shape index (κ2) is 6.33. The van der Waals surface area contributed by atoms with E-state index in [1.807, 2.05) is 6.92 Å². The van der Waals surface area contributed by atoms with E-state index in [0.29, 0.717) is 12.8 Å². The molecule has 2 atom stereocenters. The molecule has 2 aliphatic rings. The lowest BCUT2D eigenvalue weighted by molar-refractivity contribution is -0.182. The molecule has 1 saturated heterocycles. The minimum Gasteiger partial charge on any atom is -0.352 e. The number of hydrogen-bond acceptors (Lipinski definition) is 2. The van der Waals surface area contributed by atoms with Crippen LogP contribution < -0.4 is 10.6 Å². The van der Waals surface area contributed by atoms with Crippen molar-refractivity contribution < 1.29 is 18.0 Å². The van der Waals surface area contributed by atoms with Gasteiger partial charge in [0, 0.05) is 6.04 Å².